The molecular weight excluding hydrogens is 256 g/mol. The number of hydrogen-bond donors (Lipinski definition) is 2. The van der Waals surface area contributed by atoms with Crippen LogP contribution in [0.2, 0.25) is 0 Å². The van der Waals surface area contributed by atoms with Gasteiger partial charge in [-0.15, -0.1) is 0 Å². The van der Waals surface area contributed by atoms with Gasteiger partial charge in [-0.1, -0.05) is 0 Å². The molecule has 2 N–H and O–H groups in total. The quantitative estimate of drug-likeness (QED) is 0.866. The molecule has 1 saturated heterocycles. The maximum atomic E-state index is 12.4. The zero-order valence-electron chi connectivity index (χ0n) is 11.7. The summed E-state index contributed by atoms with van der Waals surface area (Å²) in [5.41, 5.74) is 0.263. The van der Waals surface area contributed by atoms with Gasteiger partial charge in [0.15, 0.2) is 11.5 Å². The van der Waals surface area contributed by atoms with Gasteiger partial charge in [0, 0.05) is 11.8 Å². The van der Waals surface area contributed by atoms with Gasteiger partial charge in [0.2, 0.25) is 5.91 Å². The minimum absolute atomic E-state index is 0.00822. The molecule has 20 heavy (non-hydrogen) atoms. The Labute approximate surface area is 118 Å². The molecule has 0 aliphatic carbocycles. The molecule has 3 rings (SSSR count). The van der Waals surface area contributed by atoms with Crippen LogP contribution in [-0.4, -0.2) is 31.2 Å². The van der Waals surface area contributed by atoms with E-state index < -0.39 is 5.54 Å². The fraction of sp³-hybridized carbons (Fsp3) is 0.533. The van der Waals surface area contributed by atoms with E-state index in [2.05, 4.69) is 10.6 Å². The van der Waals surface area contributed by atoms with Crippen LogP contribution >= 0.6 is 0 Å². The van der Waals surface area contributed by atoms with E-state index in [0.717, 1.165) is 37.2 Å². The predicted molar refractivity (Wildman–Crippen MR) is 76.3 cm³/mol. The topological polar surface area (TPSA) is 59.6 Å². The molecule has 108 valence electrons. The molecular formula is C15H20N2O3. The maximum absolute atomic E-state index is 12.4. The number of carbonyl (C=O) groups excluding carboxylic acids is 1. The van der Waals surface area contributed by atoms with Gasteiger partial charge in [0.1, 0.15) is 13.2 Å². The fourth-order valence-corrected chi connectivity index (χ4v) is 2.64. The summed E-state index contributed by atoms with van der Waals surface area (Å²) >= 11 is 0. The Balaban J connectivity index is 1.72. The van der Waals surface area contributed by atoms with E-state index in [0.29, 0.717) is 19.0 Å². The Morgan fingerprint density at radius 3 is 2.80 bits per heavy atom. The first-order valence-corrected chi connectivity index (χ1v) is 7.13. The van der Waals surface area contributed by atoms with Crippen LogP contribution in [0.25, 0.3) is 0 Å². The molecule has 1 atom stereocenters. The highest BCUT2D eigenvalue weighted by atomic mass is 16.6. The number of rotatable bonds is 2. The Morgan fingerprint density at radius 1 is 1.25 bits per heavy atom. The maximum Gasteiger partial charge on any atom is 0.244 e. The number of ether oxygens (including phenoxy) is 2. The fourth-order valence-electron chi connectivity index (χ4n) is 2.64. The molecule has 0 bridgehead atoms. The minimum atomic E-state index is -0.481. The van der Waals surface area contributed by atoms with E-state index in [-0.39, 0.29) is 5.91 Å². The van der Waals surface area contributed by atoms with Gasteiger partial charge in [-0.3, -0.25) is 4.79 Å². The Bertz CT molecular complexity index is 510. The molecule has 0 radical (unpaired) electrons. The lowest BCUT2D eigenvalue weighted by molar-refractivity contribution is -0.122. The average molecular weight is 276 g/mol. The summed E-state index contributed by atoms with van der Waals surface area (Å²) < 4.78 is 11.0. The summed E-state index contributed by atoms with van der Waals surface area (Å²) in [6.07, 6.45) is 3.08. The summed E-state index contributed by atoms with van der Waals surface area (Å²) in [5.74, 6) is 1.43. The number of carbonyl (C=O) groups is 1. The van der Waals surface area contributed by atoms with Crippen LogP contribution in [0.1, 0.15) is 26.2 Å². The smallest absolute Gasteiger partial charge is 0.244 e. The average Bonchev–Trinajstić information content (AvgIpc) is 2.48. The minimum Gasteiger partial charge on any atom is -0.486 e. The molecule has 2 heterocycles. The number of anilines is 1. The Kier molecular flexibility index (Phi) is 3.53. The lowest BCUT2D eigenvalue weighted by atomic mass is 9.90. The summed E-state index contributed by atoms with van der Waals surface area (Å²) in [5, 5.41) is 6.28. The molecule has 1 amide bonds. The summed E-state index contributed by atoms with van der Waals surface area (Å²) in [6.45, 7) is 3.97. The van der Waals surface area contributed by atoms with Crippen molar-refractivity contribution in [2.75, 3.05) is 25.1 Å². The van der Waals surface area contributed by atoms with Crippen LogP contribution in [0.4, 0.5) is 5.69 Å². The first-order valence-electron chi connectivity index (χ1n) is 7.13. The molecule has 2 aliphatic heterocycles. The van der Waals surface area contributed by atoms with Crippen molar-refractivity contribution < 1.29 is 14.3 Å². The van der Waals surface area contributed by atoms with Gasteiger partial charge < -0.3 is 20.1 Å². The van der Waals surface area contributed by atoms with Gasteiger partial charge in [-0.2, -0.15) is 0 Å². The van der Waals surface area contributed by atoms with Gasteiger partial charge in [-0.05, 0) is 44.9 Å². The van der Waals surface area contributed by atoms with Gasteiger partial charge in [0.25, 0.3) is 0 Å². The normalized spacial score (nSPS) is 25.1. The first-order chi connectivity index (χ1) is 9.67. The largest absolute Gasteiger partial charge is 0.486 e. The van der Waals surface area contributed by atoms with Crippen LogP contribution in [0, 0.1) is 0 Å². The third kappa shape index (κ3) is 2.58. The third-order valence-corrected chi connectivity index (χ3v) is 3.92. The van der Waals surface area contributed by atoms with Crippen molar-refractivity contribution in [1.29, 1.82) is 0 Å². The number of nitrogens with one attached hydrogen (secondary N) is 2. The number of hydrogen-bond acceptors (Lipinski definition) is 4. The molecule has 0 saturated carbocycles. The summed E-state index contributed by atoms with van der Waals surface area (Å²) in [7, 11) is 0. The lowest BCUT2D eigenvalue weighted by Gasteiger charge is -2.33. The van der Waals surface area contributed by atoms with Crippen LogP contribution < -0.4 is 20.1 Å². The van der Waals surface area contributed by atoms with Crippen LogP contribution in [0.15, 0.2) is 18.2 Å². The molecule has 1 aromatic carbocycles. The van der Waals surface area contributed by atoms with Crippen molar-refractivity contribution in [2.24, 2.45) is 0 Å². The van der Waals surface area contributed by atoms with Crippen molar-refractivity contribution in [3.05, 3.63) is 18.2 Å². The zero-order chi connectivity index (χ0) is 14.0. The standard InChI is InChI=1S/C15H20N2O3/c1-15(6-2-3-7-16-15)14(18)17-11-4-5-12-13(10-11)20-9-8-19-12/h4-5,10,16H,2-3,6-9H2,1H3,(H,17,18). The SMILES string of the molecule is CC1(C(=O)Nc2ccc3c(c2)OCCO3)CCCCN1. The zero-order valence-corrected chi connectivity index (χ0v) is 11.7. The van der Waals surface area contributed by atoms with Crippen molar-refractivity contribution in [3.63, 3.8) is 0 Å². The van der Waals surface area contributed by atoms with Crippen molar-refractivity contribution in [1.82, 2.24) is 5.32 Å². The van der Waals surface area contributed by atoms with E-state index >= 15 is 0 Å². The monoisotopic (exact) mass is 276 g/mol. The van der Waals surface area contributed by atoms with E-state index in [9.17, 15) is 4.79 Å². The predicted octanol–water partition coefficient (Wildman–Crippen LogP) is 1.93. The molecule has 5 nitrogen and oxygen atoms in total. The third-order valence-electron chi connectivity index (χ3n) is 3.92. The second-order valence-corrected chi connectivity index (χ2v) is 5.53. The lowest BCUT2D eigenvalue weighted by Crippen LogP contribution is -2.54. The van der Waals surface area contributed by atoms with Crippen LogP contribution in [0.3, 0.4) is 0 Å². The van der Waals surface area contributed by atoms with Gasteiger partial charge >= 0.3 is 0 Å². The summed E-state index contributed by atoms with van der Waals surface area (Å²) in [6, 6.07) is 5.50. The highest BCUT2D eigenvalue weighted by Gasteiger charge is 2.34. The van der Waals surface area contributed by atoms with Gasteiger partial charge in [0.05, 0.1) is 5.54 Å². The first kappa shape index (κ1) is 13.2. The van der Waals surface area contributed by atoms with Crippen molar-refractivity contribution in [3.8, 4) is 11.5 Å². The molecule has 0 spiro atoms. The van der Waals surface area contributed by atoms with E-state index in [4.69, 9.17) is 9.47 Å². The molecule has 5 heteroatoms. The molecule has 1 aromatic rings. The molecule has 0 aromatic heterocycles. The van der Waals surface area contributed by atoms with Crippen LogP contribution in [0.5, 0.6) is 11.5 Å². The highest BCUT2D eigenvalue weighted by molar-refractivity contribution is 5.98. The Morgan fingerprint density at radius 2 is 2.05 bits per heavy atom. The van der Waals surface area contributed by atoms with E-state index in [1.54, 1.807) is 0 Å². The van der Waals surface area contributed by atoms with Gasteiger partial charge in [-0.25, -0.2) is 0 Å². The molecule has 2 aliphatic rings. The molecule has 1 unspecified atom stereocenters. The number of benzene rings is 1. The summed E-state index contributed by atoms with van der Waals surface area (Å²) in [4.78, 5) is 12.4. The second-order valence-electron chi connectivity index (χ2n) is 5.53. The highest BCUT2D eigenvalue weighted by Crippen LogP contribution is 2.33. The number of amides is 1. The Hall–Kier alpha value is -1.75. The van der Waals surface area contributed by atoms with Crippen molar-refractivity contribution in [2.45, 2.75) is 31.7 Å². The number of fused-ring (bicyclic) bond motifs is 1. The van der Waals surface area contributed by atoms with E-state index in [1.807, 2.05) is 25.1 Å². The van der Waals surface area contributed by atoms with Crippen molar-refractivity contribution >= 4 is 11.6 Å². The van der Waals surface area contributed by atoms with Crippen LogP contribution in [-0.2, 0) is 4.79 Å². The second kappa shape index (κ2) is 5.32. The van der Waals surface area contributed by atoms with E-state index in [1.165, 1.54) is 0 Å². The molecule has 1 fully saturated rings. The number of piperidine rings is 1.